The molecule has 5 N–H and O–H groups in total. The van der Waals surface area contributed by atoms with Crippen molar-refractivity contribution >= 4 is 12.0 Å². The Kier molecular flexibility index (Phi) is 7.95. The molecule has 0 saturated carbocycles. The Morgan fingerprint density at radius 3 is 2.52 bits per heavy atom. The number of aliphatic hydroxyl groups excluding tert-OH is 3. The molecule has 150 valence electrons. The fraction of sp³-hybridized carbons (Fsp3) is 0.529. The minimum atomic E-state index is -1.36. The summed E-state index contributed by atoms with van der Waals surface area (Å²) < 4.78 is 15.1. The molecular weight excluding hydrogens is 360 g/mol. The van der Waals surface area contributed by atoms with E-state index in [0.29, 0.717) is 0 Å². The fourth-order valence-electron chi connectivity index (χ4n) is 2.62. The lowest BCUT2D eigenvalue weighted by atomic mass is 9.96. The summed E-state index contributed by atoms with van der Waals surface area (Å²) in [6.07, 6.45) is -5.66. The second-order valence-electron chi connectivity index (χ2n) is 5.95. The van der Waals surface area contributed by atoms with E-state index in [9.17, 15) is 24.9 Å². The third-order valence-corrected chi connectivity index (χ3v) is 4.05. The maximum absolute atomic E-state index is 12.0. The minimum absolute atomic E-state index is 0.0549. The number of ether oxygens (including phenoxy) is 3. The summed E-state index contributed by atoms with van der Waals surface area (Å²) >= 11 is 0. The van der Waals surface area contributed by atoms with Crippen LogP contribution >= 0.6 is 0 Å². The summed E-state index contributed by atoms with van der Waals surface area (Å²) in [6.45, 7) is -0.893. The van der Waals surface area contributed by atoms with Gasteiger partial charge in [0.15, 0.2) is 6.29 Å². The van der Waals surface area contributed by atoms with Gasteiger partial charge in [-0.25, -0.2) is 4.79 Å². The van der Waals surface area contributed by atoms with Crippen LogP contribution in [0.5, 0.6) is 0 Å². The minimum Gasteiger partial charge on any atom is -0.445 e. The van der Waals surface area contributed by atoms with Crippen LogP contribution in [0.25, 0.3) is 0 Å². The van der Waals surface area contributed by atoms with Gasteiger partial charge in [-0.15, -0.1) is 0 Å². The fourth-order valence-corrected chi connectivity index (χ4v) is 2.62. The number of carbonyl (C=O) groups excluding carboxylic acids is 2. The predicted molar refractivity (Wildman–Crippen MR) is 91.3 cm³/mol. The van der Waals surface area contributed by atoms with Crippen LogP contribution in [0.1, 0.15) is 5.56 Å². The molecule has 0 aromatic heterocycles. The molecule has 2 rings (SSSR count). The van der Waals surface area contributed by atoms with Crippen molar-refractivity contribution in [1.29, 1.82) is 0 Å². The van der Waals surface area contributed by atoms with E-state index in [1.807, 2.05) is 18.2 Å². The number of alkyl carbamates (subject to hydrolysis) is 1. The average Bonchev–Trinajstić information content (AvgIpc) is 2.69. The summed E-state index contributed by atoms with van der Waals surface area (Å²) in [7, 11) is 1.28. The lowest BCUT2D eigenvalue weighted by Crippen LogP contribution is -2.65. The summed E-state index contributed by atoms with van der Waals surface area (Å²) in [6, 6.07) is 7.89. The van der Waals surface area contributed by atoms with Gasteiger partial charge in [0.25, 0.3) is 0 Å². The molecule has 1 saturated heterocycles. The smallest absolute Gasteiger partial charge is 0.407 e. The van der Waals surface area contributed by atoms with Gasteiger partial charge in [-0.2, -0.15) is 0 Å². The standard InChI is InChI=1S/C17H24N2O8/c1-25-16-15(23)13(14(22)11(8-20)27-16)19-12(21)7-18-17(24)26-9-10-5-3-2-4-6-10/h2-6,11,13-16,20,22-23H,7-9H2,1H3,(H,18,24)(H,19,21)/t11-,13+,14-,15+,16+/m1/s1. The largest absolute Gasteiger partial charge is 0.445 e. The monoisotopic (exact) mass is 384 g/mol. The van der Waals surface area contributed by atoms with E-state index in [1.54, 1.807) is 12.1 Å². The first-order valence-electron chi connectivity index (χ1n) is 8.35. The predicted octanol–water partition coefficient (Wildman–Crippen LogP) is -1.52. The molecule has 1 heterocycles. The average molecular weight is 384 g/mol. The number of benzene rings is 1. The van der Waals surface area contributed by atoms with Gasteiger partial charge < -0.3 is 40.2 Å². The molecule has 1 aromatic carbocycles. The van der Waals surface area contributed by atoms with Crippen molar-refractivity contribution in [3.05, 3.63) is 35.9 Å². The molecule has 1 aromatic rings. The number of carbonyl (C=O) groups is 2. The summed E-state index contributed by atoms with van der Waals surface area (Å²) in [5, 5.41) is 34.2. The summed E-state index contributed by atoms with van der Waals surface area (Å²) in [5.74, 6) is -0.664. The zero-order valence-electron chi connectivity index (χ0n) is 14.8. The van der Waals surface area contributed by atoms with Crippen LogP contribution in [0.3, 0.4) is 0 Å². The van der Waals surface area contributed by atoms with Crippen LogP contribution in [0.2, 0.25) is 0 Å². The van der Waals surface area contributed by atoms with E-state index in [2.05, 4.69) is 10.6 Å². The van der Waals surface area contributed by atoms with E-state index in [0.717, 1.165) is 5.56 Å². The maximum atomic E-state index is 12.0. The topological polar surface area (TPSA) is 147 Å². The Labute approximate surface area is 156 Å². The quantitative estimate of drug-likeness (QED) is 0.381. The molecule has 0 bridgehead atoms. The highest BCUT2D eigenvalue weighted by Crippen LogP contribution is 2.21. The first-order valence-corrected chi connectivity index (χ1v) is 8.35. The summed E-state index contributed by atoms with van der Waals surface area (Å²) in [5.41, 5.74) is 0.797. The van der Waals surface area contributed by atoms with Gasteiger partial charge in [0.05, 0.1) is 12.6 Å². The third kappa shape index (κ3) is 5.88. The molecule has 0 aliphatic carbocycles. The molecule has 0 unspecified atom stereocenters. The normalized spacial score (nSPS) is 27.6. The van der Waals surface area contributed by atoms with Gasteiger partial charge in [-0.05, 0) is 5.56 Å². The van der Waals surface area contributed by atoms with Crippen molar-refractivity contribution in [2.45, 2.75) is 37.3 Å². The number of nitrogens with one attached hydrogen (secondary N) is 2. The van der Waals surface area contributed by atoms with E-state index in [-0.39, 0.29) is 6.61 Å². The lowest BCUT2D eigenvalue weighted by Gasteiger charge is -2.41. The Morgan fingerprint density at radius 2 is 1.89 bits per heavy atom. The molecule has 1 aliphatic heterocycles. The van der Waals surface area contributed by atoms with Gasteiger partial charge in [0, 0.05) is 7.11 Å². The van der Waals surface area contributed by atoms with Crippen LogP contribution in [0, 0.1) is 0 Å². The Bertz CT molecular complexity index is 598. The van der Waals surface area contributed by atoms with Crippen molar-refractivity contribution in [3.8, 4) is 0 Å². The van der Waals surface area contributed by atoms with Crippen LogP contribution in [0.15, 0.2) is 30.3 Å². The summed E-state index contributed by atoms with van der Waals surface area (Å²) in [4.78, 5) is 23.7. The van der Waals surface area contributed by atoms with Crippen molar-refractivity contribution in [2.24, 2.45) is 0 Å². The number of amides is 2. The molecule has 2 amide bonds. The third-order valence-electron chi connectivity index (χ3n) is 4.05. The lowest BCUT2D eigenvalue weighted by molar-refractivity contribution is -0.271. The first kappa shape index (κ1) is 21.1. The van der Waals surface area contributed by atoms with Gasteiger partial charge in [0.1, 0.15) is 31.5 Å². The Hall–Kier alpha value is -2.24. The van der Waals surface area contributed by atoms with Gasteiger partial charge in [-0.3, -0.25) is 4.79 Å². The molecule has 1 fully saturated rings. The van der Waals surface area contributed by atoms with E-state index in [4.69, 9.17) is 14.2 Å². The number of hydrogen-bond acceptors (Lipinski definition) is 8. The molecular formula is C17H24N2O8. The van der Waals surface area contributed by atoms with Gasteiger partial charge in [0.2, 0.25) is 5.91 Å². The van der Waals surface area contributed by atoms with Crippen molar-refractivity contribution in [1.82, 2.24) is 10.6 Å². The van der Waals surface area contributed by atoms with Crippen molar-refractivity contribution in [2.75, 3.05) is 20.3 Å². The zero-order chi connectivity index (χ0) is 19.8. The molecule has 5 atom stereocenters. The number of methoxy groups -OCH3 is 1. The Balaban J connectivity index is 1.80. The van der Waals surface area contributed by atoms with E-state index in [1.165, 1.54) is 7.11 Å². The first-order chi connectivity index (χ1) is 13.0. The second-order valence-corrected chi connectivity index (χ2v) is 5.95. The highest BCUT2D eigenvalue weighted by molar-refractivity contribution is 5.82. The van der Waals surface area contributed by atoms with Crippen LogP contribution in [0.4, 0.5) is 4.79 Å². The SMILES string of the molecule is CO[C@H]1O[C@H](CO)[C@@H](O)[C@H](NC(=O)CNC(=O)OCc2ccccc2)[C@@H]1O. The van der Waals surface area contributed by atoms with Crippen LogP contribution in [-0.4, -0.2) is 78.2 Å². The number of rotatable bonds is 7. The number of aliphatic hydroxyl groups is 3. The molecule has 0 spiro atoms. The van der Waals surface area contributed by atoms with Gasteiger partial charge in [-0.1, -0.05) is 30.3 Å². The highest BCUT2D eigenvalue weighted by Gasteiger charge is 2.45. The maximum Gasteiger partial charge on any atom is 0.407 e. The van der Waals surface area contributed by atoms with E-state index < -0.39 is 55.8 Å². The van der Waals surface area contributed by atoms with Crippen molar-refractivity contribution in [3.63, 3.8) is 0 Å². The van der Waals surface area contributed by atoms with Crippen molar-refractivity contribution < 1.29 is 39.1 Å². The highest BCUT2D eigenvalue weighted by atomic mass is 16.7. The molecule has 10 heteroatoms. The molecule has 27 heavy (non-hydrogen) atoms. The zero-order valence-corrected chi connectivity index (χ0v) is 14.8. The molecule has 1 aliphatic rings. The van der Waals surface area contributed by atoms with Crippen LogP contribution in [-0.2, 0) is 25.6 Å². The van der Waals surface area contributed by atoms with E-state index >= 15 is 0 Å². The number of hydrogen-bond donors (Lipinski definition) is 5. The Morgan fingerprint density at radius 1 is 1.19 bits per heavy atom. The molecule has 0 radical (unpaired) electrons. The van der Waals surface area contributed by atoms with Crippen LogP contribution < -0.4 is 10.6 Å². The second kappa shape index (κ2) is 10.2. The van der Waals surface area contributed by atoms with Gasteiger partial charge >= 0.3 is 6.09 Å². The molecule has 10 nitrogen and oxygen atoms in total.